The highest BCUT2D eigenvalue weighted by Gasteiger charge is 2.41. The van der Waals surface area contributed by atoms with Crippen LogP contribution in [0.5, 0.6) is 0 Å². The van der Waals surface area contributed by atoms with Crippen molar-refractivity contribution in [3.8, 4) is 0 Å². The van der Waals surface area contributed by atoms with E-state index in [0.29, 0.717) is 6.04 Å². The predicted octanol–water partition coefficient (Wildman–Crippen LogP) is 3.65. The maximum Gasteiger partial charge on any atom is 0.00981 e. The molecule has 5 unspecified atom stereocenters. The normalized spacial score (nSPS) is 42.9. The third kappa shape index (κ3) is 3.22. The van der Waals surface area contributed by atoms with Gasteiger partial charge in [-0.25, -0.2) is 0 Å². The summed E-state index contributed by atoms with van der Waals surface area (Å²) in [5.41, 5.74) is 6.38. The Bertz CT molecular complexity index is 315. The minimum Gasteiger partial charge on any atom is -0.327 e. The maximum atomic E-state index is 6.38. The average Bonchev–Trinajstić information content (AvgIpc) is 2.84. The Morgan fingerprint density at radius 2 is 1.85 bits per heavy atom. The molecule has 0 radical (unpaired) electrons. The Balaban J connectivity index is 1.56. The molecule has 20 heavy (non-hydrogen) atoms. The van der Waals surface area contributed by atoms with Crippen molar-refractivity contribution in [3.63, 3.8) is 0 Å². The van der Waals surface area contributed by atoms with Gasteiger partial charge < -0.3 is 5.73 Å². The summed E-state index contributed by atoms with van der Waals surface area (Å²) in [5, 5.41) is 0. The van der Waals surface area contributed by atoms with Crippen LogP contribution in [0.1, 0.15) is 65.2 Å². The van der Waals surface area contributed by atoms with Gasteiger partial charge in [0.25, 0.3) is 0 Å². The molecule has 3 aliphatic rings. The van der Waals surface area contributed by atoms with E-state index >= 15 is 0 Å². The van der Waals surface area contributed by atoms with Crippen LogP contribution in [0.3, 0.4) is 0 Å². The van der Waals surface area contributed by atoms with E-state index in [1.165, 1.54) is 64.5 Å². The van der Waals surface area contributed by atoms with Crippen molar-refractivity contribution in [1.82, 2.24) is 4.90 Å². The molecule has 0 amide bonds. The second kappa shape index (κ2) is 6.36. The van der Waals surface area contributed by atoms with E-state index in [0.717, 1.165) is 29.7 Å². The van der Waals surface area contributed by atoms with E-state index in [2.05, 4.69) is 18.7 Å². The van der Waals surface area contributed by atoms with Gasteiger partial charge in [0.05, 0.1) is 0 Å². The first-order valence-electron chi connectivity index (χ1n) is 9.13. The standard InChI is InChI=1S/C18H34N2/c1-13(2)9-14-5-3-7-16(10-14)20-11-15-6-4-8-18(19)17(15)12-20/h13-18H,3-12,19H2,1-2H3. The highest BCUT2D eigenvalue weighted by Crippen LogP contribution is 2.40. The summed E-state index contributed by atoms with van der Waals surface area (Å²) in [4.78, 5) is 2.84. The Kier molecular flexibility index (Phi) is 4.72. The largest absolute Gasteiger partial charge is 0.327 e. The monoisotopic (exact) mass is 278 g/mol. The van der Waals surface area contributed by atoms with Crippen molar-refractivity contribution in [2.45, 2.75) is 77.3 Å². The van der Waals surface area contributed by atoms with Gasteiger partial charge in [0.2, 0.25) is 0 Å². The molecule has 1 aliphatic heterocycles. The summed E-state index contributed by atoms with van der Waals surface area (Å²) in [6.07, 6.45) is 11.4. The van der Waals surface area contributed by atoms with Gasteiger partial charge in [0, 0.05) is 25.2 Å². The molecule has 2 nitrogen and oxygen atoms in total. The van der Waals surface area contributed by atoms with Crippen molar-refractivity contribution < 1.29 is 0 Å². The molecule has 0 aromatic carbocycles. The van der Waals surface area contributed by atoms with E-state index in [9.17, 15) is 0 Å². The van der Waals surface area contributed by atoms with Crippen molar-refractivity contribution in [3.05, 3.63) is 0 Å². The van der Waals surface area contributed by atoms with Crippen LogP contribution in [0.2, 0.25) is 0 Å². The number of likely N-dealkylation sites (tertiary alicyclic amines) is 1. The zero-order valence-corrected chi connectivity index (χ0v) is 13.6. The lowest BCUT2D eigenvalue weighted by molar-refractivity contribution is 0.140. The summed E-state index contributed by atoms with van der Waals surface area (Å²) >= 11 is 0. The number of rotatable bonds is 3. The second-order valence-electron chi connectivity index (χ2n) is 8.29. The predicted molar refractivity (Wildman–Crippen MR) is 85.6 cm³/mol. The fraction of sp³-hybridized carbons (Fsp3) is 1.00. The SMILES string of the molecule is CC(C)CC1CCCC(N2CC3CCCC(N)C3C2)C1. The first kappa shape index (κ1) is 14.8. The Morgan fingerprint density at radius 1 is 1.05 bits per heavy atom. The molecule has 1 heterocycles. The number of nitrogens with zero attached hydrogens (tertiary/aromatic N) is 1. The van der Waals surface area contributed by atoms with E-state index in [4.69, 9.17) is 5.73 Å². The number of nitrogens with two attached hydrogens (primary N) is 1. The molecule has 2 saturated carbocycles. The first-order valence-corrected chi connectivity index (χ1v) is 9.13. The third-order valence-corrected chi connectivity index (χ3v) is 6.26. The lowest BCUT2D eigenvalue weighted by Gasteiger charge is -2.36. The molecule has 116 valence electrons. The van der Waals surface area contributed by atoms with Gasteiger partial charge in [-0.05, 0) is 55.8 Å². The van der Waals surface area contributed by atoms with E-state index in [1.807, 2.05) is 0 Å². The van der Waals surface area contributed by atoms with Gasteiger partial charge in [0.1, 0.15) is 0 Å². The highest BCUT2D eigenvalue weighted by molar-refractivity contribution is 4.96. The van der Waals surface area contributed by atoms with Crippen LogP contribution in [-0.2, 0) is 0 Å². The smallest absolute Gasteiger partial charge is 0.00981 e. The third-order valence-electron chi connectivity index (χ3n) is 6.26. The molecule has 0 spiro atoms. The van der Waals surface area contributed by atoms with Crippen LogP contribution in [-0.4, -0.2) is 30.1 Å². The van der Waals surface area contributed by atoms with Crippen LogP contribution >= 0.6 is 0 Å². The summed E-state index contributed by atoms with van der Waals surface area (Å²) in [7, 11) is 0. The molecule has 0 bridgehead atoms. The van der Waals surface area contributed by atoms with Crippen LogP contribution in [0.15, 0.2) is 0 Å². The first-order chi connectivity index (χ1) is 9.63. The quantitative estimate of drug-likeness (QED) is 0.854. The molecule has 2 heteroatoms. The molecule has 0 aromatic heterocycles. The number of hydrogen-bond donors (Lipinski definition) is 1. The van der Waals surface area contributed by atoms with Gasteiger partial charge in [-0.1, -0.05) is 33.1 Å². The van der Waals surface area contributed by atoms with Crippen LogP contribution in [0.4, 0.5) is 0 Å². The molecule has 3 fully saturated rings. The molecular weight excluding hydrogens is 244 g/mol. The minimum absolute atomic E-state index is 0.494. The summed E-state index contributed by atoms with van der Waals surface area (Å²) in [6, 6.07) is 1.37. The van der Waals surface area contributed by atoms with Crippen LogP contribution < -0.4 is 5.73 Å². The highest BCUT2D eigenvalue weighted by atomic mass is 15.2. The molecular formula is C18H34N2. The van der Waals surface area contributed by atoms with Crippen LogP contribution in [0, 0.1) is 23.7 Å². The summed E-state index contributed by atoms with van der Waals surface area (Å²) in [5.74, 6) is 3.59. The van der Waals surface area contributed by atoms with Gasteiger partial charge >= 0.3 is 0 Å². The van der Waals surface area contributed by atoms with Gasteiger partial charge in [-0.15, -0.1) is 0 Å². The second-order valence-corrected chi connectivity index (χ2v) is 8.29. The van der Waals surface area contributed by atoms with Gasteiger partial charge in [0.15, 0.2) is 0 Å². The topological polar surface area (TPSA) is 29.3 Å². The van der Waals surface area contributed by atoms with E-state index in [1.54, 1.807) is 0 Å². The molecule has 3 rings (SSSR count). The number of hydrogen-bond acceptors (Lipinski definition) is 2. The Hall–Kier alpha value is -0.0800. The lowest BCUT2D eigenvalue weighted by atomic mass is 9.78. The Labute approximate surface area is 125 Å². The minimum atomic E-state index is 0.494. The van der Waals surface area contributed by atoms with Crippen molar-refractivity contribution in [2.24, 2.45) is 29.4 Å². The fourth-order valence-electron chi connectivity index (χ4n) is 5.32. The zero-order chi connectivity index (χ0) is 14.1. The molecule has 2 N–H and O–H groups in total. The molecule has 5 atom stereocenters. The number of fused-ring (bicyclic) bond motifs is 1. The Morgan fingerprint density at radius 3 is 2.60 bits per heavy atom. The van der Waals surface area contributed by atoms with Gasteiger partial charge in [-0.2, -0.15) is 0 Å². The van der Waals surface area contributed by atoms with Crippen molar-refractivity contribution in [1.29, 1.82) is 0 Å². The van der Waals surface area contributed by atoms with Gasteiger partial charge in [-0.3, -0.25) is 4.90 Å². The average molecular weight is 278 g/mol. The molecule has 2 aliphatic carbocycles. The van der Waals surface area contributed by atoms with Crippen molar-refractivity contribution >= 4 is 0 Å². The molecule has 1 saturated heterocycles. The van der Waals surface area contributed by atoms with E-state index in [-0.39, 0.29) is 0 Å². The lowest BCUT2D eigenvalue weighted by Crippen LogP contribution is -2.40. The summed E-state index contributed by atoms with van der Waals surface area (Å²) in [6.45, 7) is 7.43. The van der Waals surface area contributed by atoms with Crippen LogP contribution in [0.25, 0.3) is 0 Å². The molecule has 0 aromatic rings. The fourth-order valence-corrected chi connectivity index (χ4v) is 5.32. The van der Waals surface area contributed by atoms with E-state index < -0.39 is 0 Å². The maximum absolute atomic E-state index is 6.38. The summed E-state index contributed by atoms with van der Waals surface area (Å²) < 4.78 is 0. The van der Waals surface area contributed by atoms with Crippen molar-refractivity contribution in [2.75, 3.05) is 13.1 Å². The zero-order valence-electron chi connectivity index (χ0n) is 13.6.